The molecule has 0 unspecified atom stereocenters. The summed E-state index contributed by atoms with van der Waals surface area (Å²) in [5.74, 6) is 1.07. The second-order valence-corrected chi connectivity index (χ2v) is 4.41. The molecule has 1 aliphatic carbocycles. The van der Waals surface area contributed by atoms with E-state index >= 15 is 0 Å². The molecule has 2 aromatic rings. The zero-order valence-corrected chi connectivity index (χ0v) is 8.94. The molecule has 0 bridgehead atoms. The van der Waals surface area contributed by atoms with Crippen molar-refractivity contribution in [1.82, 2.24) is 0 Å². The molecule has 2 aromatic carbocycles. The van der Waals surface area contributed by atoms with Crippen molar-refractivity contribution in [2.75, 3.05) is 0 Å². The van der Waals surface area contributed by atoms with E-state index < -0.39 is 0 Å². The second kappa shape index (κ2) is 3.75. The highest BCUT2D eigenvalue weighted by atomic mass is 19.1. The molecule has 0 saturated heterocycles. The Hall–Kier alpha value is -1.63. The monoisotopic (exact) mass is 212 g/mol. The Kier molecular flexibility index (Phi) is 2.24. The van der Waals surface area contributed by atoms with Crippen molar-refractivity contribution in [2.24, 2.45) is 0 Å². The lowest BCUT2D eigenvalue weighted by Gasteiger charge is -2.01. The maximum absolute atomic E-state index is 12.8. The van der Waals surface area contributed by atoms with Crippen LogP contribution in [-0.2, 0) is 0 Å². The first kappa shape index (κ1) is 9.59. The molecule has 0 N–H and O–H groups in total. The van der Waals surface area contributed by atoms with Crippen LogP contribution in [0.15, 0.2) is 54.6 Å². The van der Waals surface area contributed by atoms with Crippen LogP contribution < -0.4 is 0 Å². The van der Waals surface area contributed by atoms with Crippen LogP contribution in [0.2, 0.25) is 0 Å². The summed E-state index contributed by atoms with van der Waals surface area (Å²) in [5.41, 5.74) is 2.66. The van der Waals surface area contributed by atoms with Crippen LogP contribution in [0.1, 0.15) is 29.4 Å². The number of benzene rings is 2. The third-order valence-corrected chi connectivity index (χ3v) is 3.32. The van der Waals surface area contributed by atoms with E-state index in [0.29, 0.717) is 11.8 Å². The van der Waals surface area contributed by atoms with Gasteiger partial charge in [0, 0.05) is 0 Å². The maximum Gasteiger partial charge on any atom is 0.123 e. The maximum atomic E-state index is 12.8. The summed E-state index contributed by atoms with van der Waals surface area (Å²) in [6, 6.07) is 17.5. The summed E-state index contributed by atoms with van der Waals surface area (Å²) in [7, 11) is 0. The third-order valence-electron chi connectivity index (χ3n) is 3.32. The van der Waals surface area contributed by atoms with E-state index in [9.17, 15) is 4.39 Å². The van der Waals surface area contributed by atoms with E-state index in [1.54, 1.807) is 12.1 Å². The van der Waals surface area contributed by atoms with Crippen LogP contribution in [0.25, 0.3) is 0 Å². The molecule has 0 spiro atoms. The van der Waals surface area contributed by atoms with Gasteiger partial charge in [0.2, 0.25) is 0 Å². The van der Waals surface area contributed by atoms with Gasteiger partial charge in [0.05, 0.1) is 0 Å². The predicted molar refractivity (Wildman–Crippen MR) is 62.9 cm³/mol. The summed E-state index contributed by atoms with van der Waals surface area (Å²) < 4.78 is 12.8. The van der Waals surface area contributed by atoms with Gasteiger partial charge in [-0.05, 0) is 41.5 Å². The highest BCUT2D eigenvalue weighted by Gasteiger charge is 2.39. The largest absolute Gasteiger partial charge is 0.207 e. The highest BCUT2D eigenvalue weighted by Crippen LogP contribution is 2.54. The van der Waals surface area contributed by atoms with Crippen LogP contribution in [0, 0.1) is 5.82 Å². The molecule has 1 fully saturated rings. The lowest BCUT2D eigenvalue weighted by Crippen LogP contribution is -1.84. The summed E-state index contributed by atoms with van der Waals surface area (Å²) in [6.45, 7) is 0. The van der Waals surface area contributed by atoms with Crippen LogP contribution in [0.3, 0.4) is 0 Å². The molecule has 3 rings (SSSR count). The van der Waals surface area contributed by atoms with Crippen molar-refractivity contribution in [3.8, 4) is 0 Å². The average molecular weight is 212 g/mol. The Morgan fingerprint density at radius 1 is 0.750 bits per heavy atom. The lowest BCUT2D eigenvalue weighted by molar-refractivity contribution is 0.627. The topological polar surface area (TPSA) is 0 Å². The van der Waals surface area contributed by atoms with Gasteiger partial charge in [0.15, 0.2) is 0 Å². The minimum absolute atomic E-state index is 0.152. The minimum atomic E-state index is -0.152. The van der Waals surface area contributed by atoms with Crippen LogP contribution in [0.4, 0.5) is 4.39 Å². The van der Waals surface area contributed by atoms with Gasteiger partial charge in [-0.2, -0.15) is 0 Å². The summed E-state index contributed by atoms with van der Waals surface area (Å²) in [5, 5.41) is 0. The van der Waals surface area contributed by atoms with E-state index in [1.165, 1.54) is 17.5 Å². The van der Waals surface area contributed by atoms with E-state index in [0.717, 1.165) is 0 Å². The van der Waals surface area contributed by atoms with Gasteiger partial charge in [0.25, 0.3) is 0 Å². The second-order valence-electron chi connectivity index (χ2n) is 4.41. The lowest BCUT2D eigenvalue weighted by atomic mass is 10.0. The zero-order valence-electron chi connectivity index (χ0n) is 8.94. The first-order valence-electron chi connectivity index (χ1n) is 5.65. The van der Waals surface area contributed by atoms with E-state index in [4.69, 9.17) is 0 Å². The van der Waals surface area contributed by atoms with Crippen molar-refractivity contribution < 1.29 is 4.39 Å². The van der Waals surface area contributed by atoms with Crippen LogP contribution in [0.5, 0.6) is 0 Å². The van der Waals surface area contributed by atoms with Gasteiger partial charge < -0.3 is 0 Å². The van der Waals surface area contributed by atoms with Gasteiger partial charge in [-0.15, -0.1) is 0 Å². The summed E-state index contributed by atoms with van der Waals surface area (Å²) >= 11 is 0. The van der Waals surface area contributed by atoms with Gasteiger partial charge >= 0.3 is 0 Å². The molecule has 0 radical (unpaired) electrons. The molecule has 80 valence electrons. The predicted octanol–water partition coefficient (Wildman–Crippen LogP) is 4.10. The van der Waals surface area contributed by atoms with E-state index in [-0.39, 0.29) is 5.82 Å². The van der Waals surface area contributed by atoms with Gasteiger partial charge in [-0.25, -0.2) is 4.39 Å². The van der Waals surface area contributed by atoms with Gasteiger partial charge in [-0.3, -0.25) is 0 Å². The number of rotatable bonds is 2. The standard InChI is InChI=1S/C15H13F/c16-13-8-6-12(7-9-13)15-10-14(15)11-4-2-1-3-5-11/h1-9,14-15H,10H2/t14-,15-/m1/s1. The molecular formula is C15H13F. The molecule has 1 saturated carbocycles. The SMILES string of the molecule is Fc1ccc([C@H]2C[C@@H]2c2ccccc2)cc1. The first-order chi connectivity index (χ1) is 7.84. The van der Waals surface area contributed by atoms with E-state index in [1.807, 2.05) is 18.2 Å². The molecule has 16 heavy (non-hydrogen) atoms. The Balaban J connectivity index is 1.79. The van der Waals surface area contributed by atoms with Gasteiger partial charge in [-0.1, -0.05) is 42.5 Å². The normalized spacial score (nSPS) is 23.1. The molecule has 0 amide bonds. The fourth-order valence-corrected chi connectivity index (χ4v) is 2.34. The third kappa shape index (κ3) is 1.73. The van der Waals surface area contributed by atoms with Crippen molar-refractivity contribution in [1.29, 1.82) is 0 Å². The quantitative estimate of drug-likeness (QED) is 0.703. The number of halogens is 1. The first-order valence-corrected chi connectivity index (χ1v) is 5.65. The van der Waals surface area contributed by atoms with Crippen molar-refractivity contribution in [2.45, 2.75) is 18.3 Å². The molecule has 1 aliphatic rings. The Bertz CT molecular complexity index is 473. The average Bonchev–Trinajstić information content (AvgIpc) is 3.11. The van der Waals surface area contributed by atoms with Crippen molar-refractivity contribution in [3.05, 3.63) is 71.5 Å². The fourth-order valence-electron chi connectivity index (χ4n) is 2.34. The molecule has 0 aliphatic heterocycles. The summed E-state index contributed by atoms with van der Waals surface area (Å²) in [4.78, 5) is 0. The summed E-state index contributed by atoms with van der Waals surface area (Å²) in [6.07, 6.45) is 1.19. The molecule has 0 heterocycles. The minimum Gasteiger partial charge on any atom is -0.207 e. The Morgan fingerprint density at radius 3 is 1.94 bits per heavy atom. The molecule has 0 nitrogen and oxygen atoms in total. The highest BCUT2D eigenvalue weighted by molar-refractivity contribution is 5.36. The Morgan fingerprint density at radius 2 is 1.31 bits per heavy atom. The fraction of sp³-hybridized carbons (Fsp3) is 0.200. The number of hydrogen-bond donors (Lipinski definition) is 0. The Labute approximate surface area is 94.7 Å². The van der Waals surface area contributed by atoms with Crippen molar-refractivity contribution in [3.63, 3.8) is 0 Å². The van der Waals surface area contributed by atoms with Crippen molar-refractivity contribution >= 4 is 0 Å². The van der Waals surface area contributed by atoms with E-state index in [2.05, 4.69) is 24.3 Å². The molecular weight excluding hydrogens is 199 g/mol. The van der Waals surface area contributed by atoms with Gasteiger partial charge in [0.1, 0.15) is 5.82 Å². The molecule has 1 heteroatoms. The zero-order chi connectivity index (χ0) is 11.0. The number of hydrogen-bond acceptors (Lipinski definition) is 0. The smallest absolute Gasteiger partial charge is 0.123 e. The molecule has 2 atom stereocenters. The van der Waals surface area contributed by atoms with Crippen LogP contribution >= 0.6 is 0 Å². The van der Waals surface area contributed by atoms with Crippen LogP contribution in [-0.4, -0.2) is 0 Å². The molecule has 0 aromatic heterocycles.